The van der Waals surface area contributed by atoms with Crippen molar-refractivity contribution in [3.8, 4) is 11.5 Å². The lowest BCUT2D eigenvalue weighted by atomic mass is 10.0. The van der Waals surface area contributed by atoms with E-state index in [1.54, 1.807) is 16.7 Å². The lowest BCUT2D eigenvalue weighted by Crippen LogP contribution is -2.50. The first-order valence-electron chi connectivity index (χ1n) is 11.7. The van der Waals surface area contributed by atoms with Crippen molar-refractivity contribution in [2.75, 3.05) is 31.5 Å². The molecule has 1 saturated heterocycles. The Labute approximate surface area is 207 Å². The topological polar surface area (TPSA) is 71.1 Å². The number of fused-ring (bicyclic) bond motifs is 1. The maximum Gasteiger partial charge on any atom is 0.246 e. The van der Waals surface area contributed by atoms with E-state index in [-0.39, 0.29) is 18.0 Å². The van der Waals surface area contributed by atoms with Crippen LogP contribution in [-0.4, -0.2) is 65.7 Å². The molecule has 0 radical (unpaired) electrons. The molecule has 3 aliphatic heterocycles. The fourth-order valence-electron chi connectivity index (χ4n) is 3.70. The molecule has 1 N–H and O–H groups in total. The summed E-state index contributed by atoms with van der Waals surface area (Å²) >= 11 is 1.62. The number of carbonyl (C=O) groups is 2. The molecule has 2 unspecified atom stereocenters. The summed E-state index contributed by atoms with van der Waals surface area (Å²) in [6.45, 7) is 15.3. The normalized spacial score (nSPS) is 19.2. The summed E-state index contributed by atoms with van der Waals surface area (Å²) in [6.07, 6.45) is 6.19. The zero-order valence-corrected chi connectivity index (χ0v) is 21.3. The van der Waals surface area contributed by atoms with Gasteiger partial charge in [0.1, 0.15) is 6.04 Å². The fraction of sp³-hybridized carbons (Fsp3) is 0.462. The molecule has 8 heteroatoms. The molecule has 3 aliphatic rings. The van der Waals surface area contributed by atoms with E-state index < -0.39 is 0 Å². The highest BCUT2D eigenvalue weighted by molar-refractivity contribution is 7.99. The Kier molecular flexibility index (Phi) is 11.6. The van der Waals surface area contributed by atoms with E-state index in [2.05, 4.69) is 18.5 Å². The van der Waals surface area contributed by atoms with E-state index in [1.807, 2.05) is 62.1 Å². The molecule has 4 rings (SSSR count). The van der Waals surface area contributed by atoms with E-state index in [9.17, 15) is 9.59 Å². The average Bonchev–Trinajstić information content (AvgIpc) is 3.56. The van der Waals surface area contributed by atoms with Gasteiger partial charge in [-0.15, -0.1) is 24.9 Å². The molecule has 7 nitrogen and oxygen atoms in total. The highest BCUT2D eigenvalue weighted by Gasteiger charge is 2.35. The molecule has 34 heavy (non-hydrogen) atoms. The van der Waals surface area contributed by atoms with Gasteiger partial charge in [-0.2, -0.15) is 0 Å². The molecule has 1 aromatic carbocycles. The maximum atomic E-state index is 12.8. The molecule has 186 valence electrons. The third kappa shape index (κ3) is 7.32. The van der Waals surface area contributed by atoms with Gasteiger partial charge in [-0.05, 0) is 37.5 Å². The Bertz CT molecular complexity index is 850. The van der Waals surface area contributed by atoms with Crippen LogP contribution in [0.4, 0.5) is 0 Å². The van der Waals surface area contributed by atoms with E-state index in [0.29, 0.717) is 31.5 Å². The van der Waals surface area contributed by atoms with Crippen LogP contribution >= 0.6 is 11.8 Å². The standard InChI is InChI=1S/C17H25N3O2S.C7H6O2.C2H6/c1-4-6-14-7-8-19(9-15(14)18-13(3)5-2)17(22)16-10-23-12-20(16)11-21;1-2-4-7-6(3-1)8-5-9-7;1-2/h4-5,11,13,16,18H,1-2,6-10,12H2,3H3;1-4H,5H2;1-2H3. The molecule has 2 atom stereocenters. The SMILES string of the molecule is C=CCC1=C(NC(C)C=C)CN(C(=O)C2CSCN2C=O)CC1.CC.c1ccc2c(c1)OCO2. The Balaban J connectivity index is 0.000000305. The quantitative estimate of drug-likeness (QED) is 0.460. The summed E-state index contributed by atoms with van der Waals surface area (Å²) in [5.41, 5.74) is 2.38. The van der Waals surface area contributed by atoms with Gasteiger partial charge in [0.25, 0.3) is 0 Å². The predicted octanol–water partition coefficient (Wildman–Crippen LogP) is 4.19. The number of amides is 2. The van der Waals surface area contributed by atoms with Gasteiger partial charge >= 0.3 is 0 Å². The van der Waals surface area contributed by atoms with Crippen LogP contribution in [0.25, 0.3) is 0 Å². The maximum absolute atomic E-state index is 12.8. The Morgan fingerprint density at radius 2 is 1.94 bits per heavy atom. The minimum absolute atomic E-state index is 0.0466. The van der Waals surface area contributed by atoms with E-state index >= 15 is 0 Å². The van der Waals surface area contributed by atoms with Crippen LogP contribution in [0.15, 0.2) is 60.8 Å². The Hall–Kier alpha value is -2.87. The number of nitrogens with one attached hydrogen (secondary N) is 1. The zero-order chi connectivity index (χ0) is 24.9. The second kappa shape index (κ2) is 14.4. The third-order valence-corrected chi connectivity index (χ3v) is 6.56. The summed E-state index contributed by atoms with van der Waals surface area (Å²) in [7, 11) is 0. The molecule has 1 aromatic rings. The van der Waals surface area contributed by atoms with Gasteiger partial charge in [-0.25, -0.2) is 0 Å². The lowest BCUT2D eigenvalue weighted by molar-refractivity contribution is -0.138. The van der Waals surface area contributed by atoms with Gasteiger partial charge < -0.3 is 24.6 Å². The summed E-state index contributed by atoms with van der Waals surface area (Å²) in [5, 5.41) is 3.44. The fourth-order valence-corrected chi connectivity index (χ4v) is 4.81. The van der Waals surface area contributed by atoms with Crippen molar-refractivity contribution < 1.29 is 19.1 Å². The molecule has 0 aromatic heterocycles. The molecule has 0 aliphatic carbocycles. The number of thioether (sulfide) groups is 1. The first-order valence-corrected chi connectivity index (χ1v) is 12.9. The third-order valence-electron chi connectivity index (χ3n) is 5.53. The van der Waals surface area contributed by atoms with Crippen LogP contribution in [0.3, 0.4) is 0 Å². The van der Waals surface area contributed by atoms with Crippen LogP contribution in [0, 0.1) is 0 Å². The van der Waals surface area contributed by atoms with Crippen molar-refractivity contribution in [2.24, 2.45) is 0 Å². The highest BCUT2D eigenvalue weighted by atomic mass is 32.2. The van der Waals surface area contributed by atoms with Crippen molar-refractivity contribution in [3.05, 3.63) is 60.8 Å². The number of ether oxygens (including phenoxy) is 2. The van der Waals surface area contributed by atoms with Crippen molar-refractivity contribution in [1.82, 2.24) is 15.1 Å². The van der Waals surface area contributed by atoms with Crippen molar-refractivity contribution in [2.45, 2.75) is 45.7 Å². The van der Waals surface area contributed by atoms with Gasteiger partial charge in [-0.1, -0.05) is 38.1 Å². The van der Waals surface area contributed by atoms with Gasteiger partial charge in [-0.3, -0.25) is 9.59 Å². The number of rotatable bonds is 7. The summed E-state index contributed by atoms with van der Waals surface area (Å²) in [4.78, 5) is 27.3. The Morgan fingerprint density at radius 1 is 1.26 bits per heavy atom. The Morgan fingerprint density at radius 3 is 2.53 bits per heavy atom. The summed E-state index contributed by atoms with van der Waals surface area (Å²) < 4.78 is 10.2. The summed E-state index contributed by atoms with van der Waals surface area (Å²) in [6, 6.07) is 7.45. The van der Waals surface area contributed by atoms with Gasteiger partial charge in [0.05, 0.1) is 12.4 Å². The van der Waals surface area contributed by atoms with Crippen molar-refractivity contribution >= 4 is 24.1 Å². The minimum Gasteiger partial charge on any atom is -0.454 e. The predicted molar refractivity (Wildman–Crippen MR) is 139 cm³/mol. The van der Waals surface area contributed by atoms with Crippen LogP contribution in [0.5, 0.6) is 11.5 Å². The van der Waals surface area contributed by atoms with Crippen molar-refractivity contribution in [1.29, 1.82) is 0 Å². The van der Waals surface area contributed by atoms with Gasteiger partial charge in [0.2, 0.25) is 19.1 Å². The first kappa shape index (κ1) is 27.4. The largest absolute Gasteiger partial charge is 0.454 e. The number of hydrogen-bond acceptors (Lipinski definition) is 6. The number of hydrogen-bond donors (Lipinski definition) is 1. The van der Waals surface area contributed by atoms with E-state index in [1.165, 1.54) is 5.57 Å². The van der Waals surface area contributed by atoms with Crippen LogP contribution in [0.1, 0.15) is 33.6 Å². The zero-order valence-electron chi connectivity index (χ0n) is 20.5. The molecule has 0 bridgehead atoms. The van der Waals surface area contributed by atoms with Crippen molar-refractivity contribution in [3.63, 3.8) is 0 Å². The summed E-state index contributed by atoms with van der Waals surface area (Å²) in [5.74, 6) is 3.02. The van der Waals surface area contributed by atoms with E-state index in [0.717, 1.165) is 36.4 Å². The molecule has 2 amide bonds. The number of nitrogens with zero attached hydrogens (tertiary/aromatic N) is 2. The molecule has 0 spiro atoms. The molecule has 3 heterocycles. The second-order valence-corrected chi connectivity index (χ2v) is 8.74. The molecular formula is C26H37N3O4S. The minimum atomic E-state index is -0.323. The highest BCUT2D eigenvalue weighted by Crippen LogP contribution is 2.30. The second-order valence-electron chi connectivity index (χ2n) is 7.74. The molecular weight excluding hydrogens is 450 g/mol. The van der Waals surface area contributed by atoms with E-state index in [4.69, 9.17) is 9.47 Å². The number of para-hydroxylation sites is 2. The number of benzene rings is 1. The molecule has 1 fully saturated rings. The van der Waals surface area contributed by atoms with Gasteiger partial charge in [0, 0.05) is 24.0 Å². The number of carbonyl (C=O) groups excluding carboxylic acids is 2. The smallest absolute Gasteiger partial charge is 0.246 e. The van der Waals surface area contributed by atoms with Crippen LogP contribution < -0.4 is 14.8 Å². The average molecular weight is 488 g/mol. The number of allylic oxidation sites excluding steroid dienone is 1. The van der Waals surface area contributed by atoms with Gasteiger partial charge in [0.15, 0.2) is 11.5 Å². The molecule has 0 saturated carbocycles. The monoisotopic (exact) mass is 487 g/mol. The first-order chi connectivity index (χ1) is 16.6. The van der Waals surface area contributed by atoms with Crippen LogP contribution in [0.2, 0.25) is 0 Å². The van der Waals surface area contributed by atoms with Crippen LogP contribution in [-0.2, 0) is 9.59 Å². The lowest BCUT2D eigenvalue weighted by Gasteiger charge is -2.34.